The zero-order valence-corrected chi connectivity index (χ0v) is 10.5. The van der Waals surface area contributed by atoms with Gasteiger partial charge in [0.25, 0.3) is 0 Å². The van der Waals surface area contributed by atoms with Gasteiger partial charge in [-0.1, -0.05) is 12.1 Å². The summed E-state index contributed by atoms with van der Waals surface area (Å²) in [6, 6.07) is 6.05. The lowest BCUT2D eigenvalue weighted by Gasteiger charge is -2.09. The van der Waals surface area contributed by atoms with Crippen LogP contribution in [0.2, 0.25) is 0 Å². The molecular formula is C10H14N2O5S. The molecule has 0 unspecified atom stereocenters. The Labute approximate surface area is 105 Å². The van der Waals surface area contributed by atoms with E-state index in [0.717, 1.165) is 0 Å². The largest absolute Gasteiger partial charge is 0.449 e. The molecule has 0 aliphatic rings. The van der Waals surface area contributed by atoms with E-state index in [4.69, 9.17) is 5.11 Å². The van der Waals surface area contributed by atoms with Crippen LogP contribution in [0.25, 0.3) is 0 Å². The van der Waals surface area contributed by atoms with E-state index in [2.05, 4.69) is 9.46 Å². The maximum Gasteiger partial charge on any atom is 0.422 e. The van der Waals surface area contributed by atoms with E-state index in [9.17, 15) is 13.2 Å². The first-order valence-electron chi connectivity index (χ1n) is 5.14. The third-order valence-corrected chi connectivity index (χ3v) is 2.82. The summed E-state index contributed by atoms with van der Waals surface area (Å²) in [5.74, 6) is 0. The zero-order valence-electron chi connectivity index (χ0n) is 9.71. The predicted octanol–water partition coefficient (Wildman–Crippen LogP) is 0.582. The minimum absolute atomic E-state index is 0.0759. The molecule has 0 saturated carbocycles. The topological polar surface area (TPSA) is 105 Å². The van der Waals surface area contributed by atoms with Gasteiger partial charge < -0.3 is 9.84 Å². The number of carbonyl (C=O) groups is 1. The molecule has 0 aliphatic heterocycles. The van der Waals surface area contributed by atoms with Crippen molar-refractivity contribution >= 4 is 22.0 Å². The van der Waals surface area contributed by atoms with Gasteiger partial charge in [0.2, 0.25) is 0 Å². The molecule has 0 spiro atoms. The third kappa shape index (κ3) is 4.60. The highest BCUT2D eigenvalue weighted by atomic mass is 32.2. The summed E-state index contributed by atoms with van der Waals surface area (Å²) in [7, 11) is -4.01. The minimum atomic E-state index is -4.01. The van der Waals surface area contributed by atoms with Crippen LogP contribution < -0.4 is 9.44 Å². The van der Waals surface area contributed by atoms with Gasteiger partial charge in [-0.15, -0.1) is 0 Å². The fraction of sp³-hybridized carbons (Fsp3) is 0.300. The zero-order chi connectivity index (χ0) is 13.6. The maximum atomic E-state index is 11.5. The number of rotatable bonds is 5. The number of aliphatic hydroxyl groups is 1. The molecule has 1 aromatic rings. The maximum absolute atomic E-state index is 11.5. The van der Waals surface area contributed by atoms with Crippen LogP contribution in [0.3, 0.4) is 0 Å². The Hall–Kier alpha value is -1.80. The number of aliphatic hydroxyl groups excluding tert-OH is 1. The summed E-state index contributed by atoms with van der Waals surface area (Å²) in [5.41, 5.74) is 0.917. The lowest BCUT2D eigenvalue weighted by atomic mass is 10.2. The van der Waals surface area contributed by atoms with Crippen molar-refractivity contribution in [3.05, 3.63) is 29.8 Å². The molecule has 0 aromatic heterocycles. The van der Waals surface area contributed by atoms with Crippen LogP contribution >= 0.6 is 0 Å². The van der Waals surface area contributed by atoms with Gasteiger partial charge >= 0.3 is 16.3 Å². The fourth-order valence-corrected chi connectivity index (χ4v) is 1.90. The minimum Gasteiger partial charge on any atom is -0.449 e. The normalized spacial score (nSPS) is 10.8. The highest BCUT2D eigenvalue weighted by Crippen LogP contribution is 2.10. The number of anilines is 1. The number of carbonyl (C=O) groups excluding carboxylic acids is 1. The molecule has 0 bridgehead atoms. The van der Waals surface area contributed by atoms with E-state index in [1.54, 1.807) is 23.8 Å². The van der Waals surface area contributed by atoms with Crippen molar-refractivity contribution in [2.75, 3.05) is 11.3 Å². The molecule has 1 rings (SSSR count). The van der Waals surface area contributed by atoms with Gasteiger partial charge in [0.1, 0.15) is 0 Å². The van der Waals surface area contributed by atoms with Gasteiger partial charge in [0.15, 0.2) is 0 Å². The summed E-state index contributed by atoms with van der Waals surface area (Å²) in [6.07, 6.45) is -1.04. The molecule has 0 radical (unpaired) electrons. The summed E-state index contributed by atoms with van der Waals surface area (Å²) < 4.78 is 31.2. The summed E-state index contributed by atoms with van der Waals surface area (Å²) in [4.78, 5) is 11.0. The van der Waals surface area contributed by atoms with Crippen LogP contribution in [0.15, 0.2) is 24.3 Å². The van der Waals surface area contributed by atoms with Crippen LogP contribution in [-0.4, -0.2) is 26.2 Å². The number of benzene rings is 1. The Kier molecular flexibility index (Phi) is 4.93. The molecule has 18 heavy (non-hydrogen) atoms. The van der Waals surface area contributed by atoms with Crippen molar-refractivity contribution in [1.82, 2.24) is 4.72 Å². The van der Waals surface area contributed by atoms with Gasteiger partial charge in [0.05, 0.1) is 18.9 Å². The second-order valence-corrected chi connectivity index (χ2v) is 4.70. The van der Waals surface area contributed by atoms with Crippen molar-refractivity contribution in [3.63, 3.8) is 0 Å². The van der Waals surface area contributed by atoms with E-state index < -0.39 is 16.3 Å². The van der Waals surface area contributed by atoms with Gasteiger partial charge in [-0.05, 0) is 24.6 Å². The molecule has 1 aromatic carbocycles. The second-order valence-electron chi connectivity index (χ2n) is 3.28. The third-order valence-electron chi connectivity index (χ3n) is 1.88. The van der Waals surface area contributed by atoms with E-state index >= 15 is 0 Å². The Morgan fingerprint density at radius 3 is 2.44 bits per heavy atom. The lowest BCUT2D eigenvalue weighted by molar-refractivity contribution is 0.159. The van der Waals surface area contributed by atoms with Crippen LogP contribution in [0.1, 0.15) is 12.5 Å². The average Bonchev–Trinajstić information content (AvgIpc) is 2.29. The van der Waals surface area contributed by atoms with Crippen LogP contribution in [-0.2, 0) is 21.6 Å². The molecule has 7 nitrogen and oxygen atoms in total. The second kappa shape index (κ2) is 6.22. The predicted molar refractivity (Wildman–Crippen MR) is 65.1 cm³/mol. The number of hydrogen-bond acceptors (Lipinski definition) is 5. The highest BCUT2D eigenvalue weighted by molar-refractivity contribution is 7.91. The summed E-state index contributed by atoms with van der Waals surface area (Å²) >= 11 is 0. The quantitative estimate of drug-likeness (QED) is 0.728. The summed E-state index contributed by atoms with van der Waals surface area (Å²) in [5, 5.41) is 8.83. The van der Waals surface area contributed by atoms with Crippen molar-refractivity contribution in [1.29, 1.82) is 0 Å². The van der Waals surface area contributed by atoms with Crippen LogP contribution in [0.5, 0.6) is 0 Å². The molecule has 0 saturated heterocycles. The van der Waals surface area contributed by atoms with Crippen molar-refractivity contribution in [2.24, 2.45) is 0 Å². The lowest BCUT2D eigenvalue weighted by Crippen LogP contribution is -2.35. The molecule has 0 atom stereocenters. The number of hydrogen-bond donors (Lipinski definition) is 3. The Morgan fingerprint density at radius 1 is 1.33 bits per heavy atom. The van der Waals surface area contributed by atoms with E-state index in [1.165, 1.54) is 12.1 Å². The fourth-order valence-electron chi connectivity index (χ4n) is 1.13. The van der Waals surface area contributed by atoms with Gasteiger partial charge in [-0.3, -0.25) is 4.72 Å². The monoisotopic (exact) mass is 274 g/mol. The number of amides is 1. The average molecular weight is 274 g/mol. The molecule has 100 valence electrons. The van der Waals surface area contributed by atoms with Crippen LogP contribution in [0, 0.1) is 0 Å². The van der Waals surface area contributed by atoms with Crippen molar-refractivity contribution in [2.45, 2.75) is 13.5 Å². The molecule has 1 amide bonds. The van der Waals surface area contributed by atoms with Crippen molar-refractivity contribution < 1.29 is 23.1 Å². The van der Waals surface area contributed by atoms with E-state index in [-0.39, 0.29) is 18.9 Å². The molecule has 8 heteroatoms. The smallest absolute Gasteiger partial charge is 0.422 e. The Bertz CT molecular complexity index is 498. The van der Waals surface area contributed by atoms with Gasteiger partial charge in [-0.25, -0.2) is 9.52 Å². The Morgan fingerprint density at radius 2 is 1.94 bits per heavy atom. The van der Waals surface area contributed by atoms with E-state index in [0.29, 0.717) is 5.56 Å². The molecule has 3 N–H and O–H groups in total. The molecule has 0 aliphatic carbocycles. The van der Waals surface area contributed by atoms with Crippen molar-refractivity contribution in [3.8, 4) is 0 Å². The first-order chi connectivity index (χ1) is 8.46. The first-order valence-corrected chi connectivity index (χ1v) is 6.62. The number of ether oxygens (including phenoxy) is 1. The Balaban J connectivity index is 2.67. The molecule has 0 heterocycles. The molecular weight excluding hydrogens is 260 g/mol. The summed E-state index contributed by atoms with van der Waals surface area (Å²) in [6.45, 7) is 1.51. The van der Waals surface area contributed by atoms with Crippen LogP contribution in [0.4, 0.5) is 10.5 Å². The molecule has 0 fully saturated rings. The van der Waals surface area contributed by atoms with Gasteiger partial charge in [-0.2, -0.15) is 8.42 Å². The first kappa shape index (κ1) is 14.3. The number of nitrogens with one attached hydrogen (secondary N) is 2. The SMILES string of the molecule is CCOC(=O)NS(=O)(=O)Nc1ccc(CO)cc1. The highest BCUT2D eigenvalue weighted by Gasteiger charge is 2.14. The standard InChI is InChI=1S/C10H14N2O5S/c1-2-17-10(14)12-18(15,16)11-9-5-3-8(7-13)4-6-9/h3-6,11,13H,2,7H2,1H3,(H,12,14). The van der Waals surface area contributed by atoms with E-state index in [1.807, 2.05) is 0 Å². The van der Waals surface area contributed by atoms with Gasteiger partial charge in [0, 0.05) is 0 Å².